The van der Waals surface area contributed by atoms with Crippen LogP contribution in [0.25, 0.3) is 11.0 Å². The second-order valence-electron chi connectivity index (χ2n) is 6.88. The summed E-state index contributed by atoms with van der Waals surface area (Å²) in [4.78, 5) is 7.41. The first kappa shape index (κ1) is 20.8. The summed E-state index contributed by atoms with van der Waals surface area (Å²) >= 11 is 0. The van der Waals surface area contributed by atoms with E-state index in [4.69, 9.17) is 0 Å². The molecule has 31 heavy (non-hydrogen) atoms. The van der Waals surface area contributed by atoms with Crippen molar-refractivity contribution in [3.8, 4) is 0 Å². The maximum atomic E-state index is 15.0. The molecule has 11 heteroatoms. The average Bonchev–Trinajstić information content (AvgIpc) is 3.19. The Morgan fingerprint density at radius 3 is 2.65 bits per heavy atom. The molecule has 0 amide bonds. The Hall–Kier alpha value is -3.47. The predicted octanol–water partition coefficient (Wildman–Crippen LogP) is 3.66. The minimum atomic E-state index is -4.34. The van der Waals surface area contributed by atoms with Gasteiger partial charge in [0, 0.05) is 17.1 Å². The van der Waals surface area contributed by atoms with Crippen LogP contribution >= 0.6 is 0 Å². The highest BCUT2D eigenvalue weighted by Crippen LogP contribution is 2.26. The van der Waals surface area contributed by atoms with Gasteiger partial charge >= 0.3 is 0 Å². The molecular weight excluding hydrogens is 431 g/mol. The van der Waals surface area contributed by atoms with Crippen LogP contribution in [0.15, 0.2) is 47.8 Å². The summed E-state index contributed by atoms with van der Waals surface area (Å²) in [6.07, 6.45) is 4.28. The van der Waals surface area contributed by atoms with Crippen LogP contribution in [-0.2, 0) is 22.9 Å². The van der Waals surface area contributed by atoms with Crippen molar-refractivity contribution >= 4 is 26.7 Å². The lowest BCUT2D eigenvalue weighted by Crippen LogP contribution is -2.17. The summed E-state index contributed by atoms with van der Waals surface area (Å²) in [5.41, 5.74) is 0.656. The number of H-pyrrole nitrogens is 1. The molecule has 0 fully saturated rings. The lowest BCUT2D eigenvalue weighted by molar-refractivity contribution is 0.556. The van der Waals surface area contributed by atoms with E-state index in [0.717, 1.165) is 35.3 Å². The van der Waals surface area contributed by atoms with Gasteiger partial charge in [-0.05, 0) is 49.6 Å². The number of hydrogen-bond donors (Lipinski definition) is 2. The number of aryl methyl sites for hydroxylation is 2. The molecule has 160 valence electrons. The largest absolute Gasteiger partial charge is 0.277 e. The monoisotopic (exact) mass is 447 g/mol. The van der Waals surface area contributed by atoms with Crippen molar-refractivity contribution in [1.29, 1.82) is 0 Å². The zero-order chi connectivity index (χ0) is 22.2. The van der Waals surface area contributed by atoms with Crippen LogP contribution in [0, 0.1) is 24.4 Å². The Labute approximate surface area is 175 Å². The minimum Gasteiger partial charge on any atom is -0.277 e. The molecule has 0 saturated carbocycles. The van der Waals surface area contributed by atoms with Crippen LogP contribution in [-0.4, -0.2) is 28.6 Å². The van der Waals surface area contributed by atoms with E-state index in [0.29, 0.717) is 5.65 Å². The Bertz CT molecular complexity index is 1390. The zero-order valence-electron chi connectivity index (χ0n) is 16.2. The number of pyridine rings is 2. The maximum Gasteiger partial charge on any atom is 0.263 e. The number of fused-ring (bicyclic) bond motifs is 1. The highest BCUT2D eigenvalue weighted by molar-refractivity contribution is 7.92. The fourth-order valence-corrected chi connectivity index (χ4v) is 4.42. The smallest absolute Gasteiger partial charge is 0.263 e. The number of nitrogens with one attached hydrogen (secondary N) is 2. The van der Waals surface area contributed by atoms with Crippen molar-refractivity contribution in [2.75, 3.05) is 4.72 Å². The molecule has 0 aliphatic heterocycles. The molecule has 4 rings (SSSR count). The number of hydrogen-bond acceptors (Lipinski definition) is 5. The van der Waals surface area contributed by atoms with Gasteiger partial charge in [0.2, 0.25) is 0 Å². The Balaban J connectivity index is 1.60. The third-order valence-electron chi connectivity index (χ3n) is 4.74. The van der Waals surface area contributed by atoms with Crippen molar-refractivity contribution in [3.05, 3.63) is 77.1 Å². The van der Waals surface area contributed by atoms with Gasteiger partial charge in [0.1, 0.15) is 16.5 Å². The van der Waals surface area contributed by atoms with Gasteiger partial charge in [-0.1, -0.05) is 0 Å². The number of aromatic nitrogens is 4. The zero-order valence-corrected chi connectivity index (χ0v) is 17.0. The first-order valence-corrected chi connectivity index (χ1v) is 10.6. The Kier molecular flexibility index (Phi) is 5.36. The molecule has 0 aliphatic rings. The summed E-state index contributed by atoms with van der Waals surface area (Å²) in [6.45, 7) is 1.38. The fraction of sp³-hybridized carbons (Fsp3) is 0.150. The molecule has 2 N–H and O–H groups in total. The van der Waals surface area contributed by atoms with Gasteiger partial charge in [0.15, 0.2) is 11.5 Å². The van der Waals surface area contributed by atoms with Crippen molar-refractivity contribution in [1.82, 2.24) is 20.2 Å². The average molecular weight is 447 g/mol. The number of halogens is 3. The SMILES string of the molecule is Cc1ncc(F)cc1S(=O)(=O)Nc1ccc(F)c(CCc2cnc3[nH]ncc3c2)c1F. The van der Waals surface area contributed by atoms with Crippen LogP contribution in [0.5, 0.6) is 0 Å². The highest BCUT2D eigenvalue weighted by atomic mass is 32.2. The number of rotatable bonds is 6. The normalized spacial score (nSPS) is 11.7. The number of sulfonamides is 1. The van der Waals surface area contributed by atoms with Crippen LogP contribution in [0.2, 0.25) is 0 Å². The van der Waals surface area contributed by atoms with E-state index in [2.05, 4.69) is 24.9 Å². The molecule has 0 atom stereocenters. The van der Waals surface area contributed by atoms with E-state index in [1.807, 2.05) is 0 Å². The Morgan fingerprint density at radius 2 is 1.84 bits per heavy atom. The van der Waals surface area contributed by atoms with E-state index in [9.17, 15) is 21.6 Å². The van der Waals surface area contributed by atoms with Crippen molar-refractivity contribution in [3.63, 3.8) is 0 Å². The quantitative estimate of drug-likeness (QED) is 0.470. The van der Waals surface area contributed by atoms with Gasteiger partial charge < -0.3 is 0 Å². The van der Waals surface area contributed by atoms with E-state index in [1.54, 1.807) is 18.5 Å². The molecule has 0 bridgehead atoms. The first-order valence-electron chi connectivity index (χ1n) is 9.14. The lowest BCUT2D eigenvalue weighted by atomic mass is 10.0. The molecule has 3 aromatic heterocycles. The first-order chi connectivity index (χ1) is 14.7. The van der Waals surface area contributed by atoms with Crippen LogP contribution < -0.4 is 4.72 Å². The molecule has 3 heterocycles. The fourth-order valence-electron chi connectivity index (χ4n) is 3.15. The molecule has 0 spiro atoms. The van der Waals surface area contributed by atoms with E-state index in [-0.39, 0.29) is 24.1 Å². The van der Waals surface area contributed by atoms with Gasteiger partial charge in [-0.3, -0.25) is 14.8 Å². The minimum absolute atomic E-state index is 0.0289. The van der Waals surface area contributed by atoms with Crippen LogP contribution in [0.3, 0.4) is 0 Å². The van der Waals surface area contributed by atoms with E-state index >= 15 is 0 Å². The maximum absolute atomic E-state index is 15.0. The van der Waals surface area contributed by atoms with Gasteiger partial charge in [-0.2, -0.15) is 5.10 Å². The molecule has 0 aliphatic carbocycles. The molecule has 0 unspecified atom stereocenters. The van der Waals surface area contributed by atoms with Gasteiger partial charge in [-0.15, -0.1) is 0 Å². The van der Waals surface area contributed by atoms with Gasteiger partial charge in [0.25, 0.3) is 10.0 Å². The van der Waals surface area contributed by atoms with E-state index < -0.39 is 38.1 Å². The highest BCUT2D eigenvalue weighted by Gasteiger charge is 2.22. The van der Waals surface area contributed by atoms with Crippen molar-refractivity contribution in [2.45, 2.75) is 24.7 Å². The predicted molar refractivity (Wildman–Crippen MR) is 107 cm³/mol. The van der Waals surface area contributed by atoms with Gasteiger partial charge in [-0.25, -0.2) is 26.6 Å². The third-order valence-corrected chi connectivity index (χ3v) is 6.22. The summed E-state index contributed by atoms with van der Waals surface area (Å²) in [6, 6.07) is 4.54. The van der Waals surface area contributed by atoms with Crippen LogP contribution in [0.1, 0.15) is 16.8 Å². The second kappa shape index (κ2) is 7.99. The molecule has 1 aromatic carbocycles. The topological polar surface area (TPSA) is 101 Å². The Morgan fingerprint density at radius 1 is 1.03 bits per heavy atom. The summed E-state index contributed by atoms with van der Waals surface area (Å²) in [5, 5.41) is 7.35. The van der Waals surface area contributed by atoms with Gasteiger partial charge in [0.05, 0.1) is 23.8 Å². The molecule has 4 aromatic rings. The van der Waals surface area contributed by atoms with Crippen LogP contribution in [0.4, 0.5) is 18.9 Å². The summed E-state index contributed by atoms with van der Waals surface area (Å²) < 4.78 is 70.0. The number of aromatic amines is 1. The number of anilines is 1. The standard InChI is InChI=1S/C20H16F3N5O2S/c1-11-18(7-14(21)10-24-11)31(29,30)28-17-5-4-16(22)15(19(17)23)3-2-12-6-13-9-26-27-20(13)25-8-12/h4-10,28H,2-3H2,1H3,(H,25,26,27). The molecular formula is C20H16F3N5O2S. The number of benzene rings is 1. The van der Waals surface area contributed by atoms with Crippen molar-refractivity contribution < 1.29 is 21.6 Å². The lowest BCUT2D eigenvalue weighted by Gasteiger charge is -2.13. The molecule has 0 radical (unpaired) electrons. The summed E-state index contributed by atoms with van der Waals surface area (Å²) in [7, 11) is -4.34. The summed E-state index contributed by atoms with van der Waals surface area (Å²) in [5.74, 6) is -2.70. The number of nitrogens with zero attached hydrogens (tertiary/aromatic N) is 3. The third kappa shape index (κ3) is 4.22. The molecule has 7 nitrogen and oxygen atoms in total. The van der Waals surface area contributed by atoms with Crippen molar-refractivity contribution in [2.24, 2.45) is 0 Å². The van der Waals surface area contributed by atoms with E-state index in [1.165, 1.54) is 6.92 Å². The second-order valence-corrected chi connectivity index (χ2v) is 8.53. The molecule has 0 saturated heterocycles.